The number of likely N-dealkylation sites (tertiary alicyclic amines) is 1. The molecule has 1 aromatic carbocycles. The number of hydrogen-bond acceptors (Lipinski definition) is 7. The van der Waals surface area contributed by atoms with E-state index < -0.39 is 17.1 Å². The molecule has 8 nitrogen and oxygen atoms in total. The minimum Gasteiger partial charge on any atom is -0.480 e. The molecule has 3 amide bonds. The number of ether oxygens (including phenoxy) is 2. The first kappa shape index (κ1) is 25.3. The van der Waals surface area contributed by atoms with E-state index >= 15 is 0 Å². The second-order valence-corrected chi connectivity index (χ2v) is 10.6. The van der Waals surface area contributed by atoms with Crippen molar-refractivity contribution < 1.29 is 28.7 Å². The van der Waals surface area contributed by atoms with Crippen molar-refractivity contribution >= 4 is 86.0 Å². The molecule has 2 fully saturated rings. The highest BCUT2D eigenvalue weighted by Gasteiger charge is 2.37. The molecular formula is C21H22I2N2O6S. The molecule has 2 saturated heterocycles. The molecule has 0 atom stereocenters. The highest BCUT2D eigenvalue weighted by atomic mass is 127. The van der Waals surface area contributed by atoms with Crippen LogP contribution in [0.15, 0.2) is 17.0 Å². The fraction of sp³-hybridized carbons (Fsp3) is 0.429. The maximum Gasteiger partial charge on any atom is 0.343 e. The first-order chi connectivity index (χ1) is 15.3. The van der Waals surface area contributed by atoms with Crippen molar-refractivity contribution in [3.63, 3.8) is 0 Å². The van der Waals surface area contributed by atoms with Gasteiger partial charge in [0.25, 0.3) is 11.1 Å². The molecule has 0 aliphatic carbocycles. The molecule has 2 heterocycles. The standard InChI is InChI=1S/C21H22I2N2O6S/c1-30-18(27)12-31-19-14(22)8-13(9-15(19)23)10-16-20(28)25(21(29)32-16)11-17(26)24-6-4-2-3-5-7-24/h8-10H,2-7,11-12H2,1H3. The van der Waals surface area contributed by atoms with Crippen LogP contribution >= 0.6 is 56.9 Å². The van der Waals surface area contributed by atoms with Gasteiger partial charge in [-0.1, -0.05) is 12.8 Å². The van der Waals surface area contributed by atoms with E-state index in [4.69, 9.17) is 4.74 Å². The maximum absolute atomic E-state index is 12.8. The predicted molar refractivity (Wildman–Crippen MR) is 137 cm³/mol. The van der Waals surface area contributed by atoms with E-state index in [1.54, 1.807) is 23.1 Å². The third-order valence-corrected chi connectivity index (χ3v) is 7.52. The third-order valence-electron chi connectivity index (χ3n) is 5.01. The van der Waals surface area contributed by atoms with Crippen LogP contribution in [0.25, 0.3) is 6.08 Å². The summed E-state index contributed by atoms with van der Waals surface area (Å²) in [6.07, 6.45) is 5.72. The van der Waals surface area contributed by atoms with Crippen LogP contribution in [0.3, 0.4) is 0 Å². The Balaban J connectivity index is 1.71. The number of methoxy groups -OCH3 is 1. The lowest BCUT2D eigenvalue weighted by Crippen LogP contribution is -2.42. The SMILES string of the molecule is COC(=O)COc1c(I)cc(C=C2SC(=O)N(CC(=O)N3CCCCCC3)C2=O)cc1I. The van der Waals surface area contributed by atoms with E-state index in [-0.39, 0.29) is 24.0 Å². The van der Waals surface area contributed by atoms with Gasteiger partial charge in [-0.25, -0.2) is 4.79 Å². The van der Waals surface area contributed by atoms with Crippen LogP contribution in [0.1, 0.15) is 31.2 Å². The van der Waals surface area contributed by atoms with Crippen LogP contribution in [-0.4, -0.2) is 66.2 Å². The van der Waals surface area contributed by atoms with Crippen LogP contribution in [0.4, 0.5) is 4.79 Å². The Morgan fingerprint density at radius 1 is 1.09 bits per heavy atom. The maximum atomic E-state index is 12.8. The van der Waals surface area contributed by atoms with E-state index in [1.165, 1.54) is 7.11 Å². The molecule has 1 aromatic rings. The zero-order valence-electron chi connectivity index (χ0n) is 17.4. The summed E-state index contributed by atoms with van der Waals surface area (Å²) in [6, 6.07) is 3.59. The number of nitrogens with zero attached hydrogens (tertiary/aromatic N) is 2. The van der Waals surface area contributed by atoms with E-state index in [2.05, 4.69) is 49.9 Å². The van der Waals surface area contributed by atoms with Gasteiger partial charge in [0.15, 0.2) is 6.61 Å². The minimum absolute atomic E-state index is 0.188. The molecule has 0 bridgehead atoms. The summed E-state index contributed by atoms with van der Waals surface area (Å²) in [5, 5.41) is -0.438. The van der Waals surface area contributed by atoms with E-state index in [0.29, 0.717) is 24.4 Å². The molecule has 32 heavy (non-hydrogen) atoms. The molecule has 0 unspecified atom stereocenters. The summed E-state index contributed by atoms with van der Waals surface area (Å²) in [4.78, 5) is 52.2. The fourth-order valence-electron chi connectivity index (χ4n) is 3.33. The molecule has 0 spiro atoms. The topological polar surface area (TPSA) is 93.2 Å². The van der Waals surface area contributed by atoms with Gasteiger partial charge in [0.1, 0.15) is 12.3 Å². The van der Waals surface area contributed by atoms with Crippen molar-refractivity contribution in [1.82, 2.24) is 9.80 Å². The zero-order chi connectivity index (χ0) is 23.3. The van der Waals surface area contributed by atoms with Crippen LogP contribution in [0, 0.1) is 7.14 Å². The Bertz CT molecular complexity index is 937. The Morgan fingerprint density at radius 2 is 1.72 bits per heavy atom. The molecule has 172 valence electrons. The Kier molecular flexibility index (Phi) is 9.22. The number of imide groups is 1. The van der Waals surface area contributed by atoms with Crippen molar-refractivity contribution in [3.8, 4) is 5.75 Å². The molecule has 0 saturated carbocycles. The number of benzene rings is 1. The summed E-state index contributed by atoms with van der Waals surface area (Å²) in [5.41, 5.74) is 0.716. The van der Waals surface area contributed by atoms with Crippen LogP contribution in [-0.2, 0) is 19.1 Å². The van der Waals surface area contributed by atoms with Gasteiger partial charge in [0, 0.05) is 13.1 Å². The number of hydrogen-bond donors (Lipinski definition) is 0. The van der Waals surface area contributed by atoms with E-state index in [1.807, 2.05) is 0 Å². The molecule has 0 aromatic heterocycles. The lowest BCUT2D eigenvalue weighted by Gasteiger charge is -2.22. The molecule has 2 aliphatic heterocycles. The van der Waals surface area contributed by atoms with Crippen LogP contribution in [0.2, 0.25) is 0 Å². The van der Waals surface area contributed by atoms with E-state index in [9.17, 15) is 19.2 Å². The van der Waals surface area contributed by atoms with Gasteiger partial charge in [-0.3, -0.25) is 19.3 Å². The lowest BCUT2D eigenvalue weighted by atomic mass is 10.2. The normalized spacial score (nSPS) is 18.2. The van der Waals surface area contributed by atoms with Gasteiger partial charge in [-0.2, -0.15) is 0 Å². The predicted octanol–water partition coefficient (Wildman–Crippen LogP) is 3.89. The second kappa shape index (κ2) is 11.7. The van der Waals surface area contributed by atoms with Gasteiger partial charge < -0.3 is 14.4 Å². The number of carbonyl (C=O) groups is 4. The van der Waals surface area contributed by atoms with Crippen molar-refractivity contribution in [1.29, 1.82) is 0 Å². The van der Waals surface area contributed by atoms with Crippen molar-refractivity contribution in [2.45, 2.75) is 25.7 Å². The van der Waals surface area contributed by atoms with Crippen LogP contribution in [0.5, 0.6) is 5.75 Å². The highest BCUT2D eigenvalue weighted by molar-refractivity contribution is 14.1. The lowest BCUT2D eigenvalue weighted by molar-refractivity contribution is -0.143. The average molecular weight is 684 g/mol. The first-order valence-corrected chi connectivity index (χ1v) is 13.0. The molecule has 3 rings (SSSR count). The quantitative estimate of drug-likeness (QED) is 0.255. The Labute approximate surface area is 217 Å². The fourth-order valence-corrected chi connectivity index (χ4v) is 6.30. The number of halogens is 2. The molecule has 11 heteroatoms. The Morgan fingerprint density at radius 3 is 2.31 bits per heavy atom. The number of rotatable bonds is 6. The van der Waals surface area contributed by atoms with E-state index in [0.717, 1.165) is 49.5 Å². The molecule has 0 N–H and O–H groups in total. The van der Waals surface area contributed by atoms with Gasteiger partial charge in [0.05, 0.1) is 19.2 Å². The summed E-state index contributed by atoms with van der Waals surface area (Å²) in [7, 11) is 1.29. The van der Waals surface area contributed by atoms with Gasteiger partial charge in [-0.05, 0) is 93.6 Å². The van der Waals surface area contributed by atoms with Gasteiger partial charge in [0.2, 0.25) is 5.91 Å². The number of thioether (sulfide) groups is 1. The monoisotopic (exact) mass is 684 g/mol. The largest absolute Gasteiger partial charge is 0.480 e. The number of amides is 3. The molecule has 2 aliphatic rings. The highest BCUT2D eigenvalue weighted by Crippen LogP contribution is 2.35. The minimum atomic E-state index is -0.482. The zero-order valence-corrected chi connectivity index (χ0v) is 22.5. The first-order valence-electron chi connectivity index (χ1n) is 10.0. The van der Waals surface area contributed by atoms with Gasteiger partial charge >= 0.3 is 5.97 Å². The summed E-state index contributed by atoms with van der Waals surface area (Å²) in [5.74, 6) is -0.583. The number of esters is 1. The van der Waals surface area contributed by atoms with Crippen molar-refractivity contribution in [2.24, 2.45) is 0 Å². The Hall–Kier alpha value is -1.35. The van der Waals surface area contributed by atoms with Crippen LogP contribution < -0.4 is 4.74 Å². The van der Waals surface area contributed by atoms with Gasteiger partial charge in [-0.15, -0.1) is 0 Å². The molecular weight excluding hydrogens is 662 g/mol. The average Bonchev–Trinajstić information content (AvgIpc) is 2.95. The summed E-state index contributed by atoms with van der Waals surface area (Å²) >= 11 is 5.00. The smallest absolute Gasteiger partial charge is 0.343 e. The number of carbonyl (C=O) groups excluding carboxylic acids is 4. The summed E-state index contributed by atoms with van der Waals surface area (Å²) in [6.45, 7) is 0.918. The third kappa shape index (κ3) is 6.37. The van der Waals surface area contributed by atoms with Crippen molar-refractivity contribution in [2.75, 3.05) is 33.4 Å². The van der Waals surface area contributed by atoms with Crippen molar-refractivity contribution in [3.05, 3.63) is 29.7 Å². The second-order valence-electron chi connectivity index (χ2n) is 7.24. The molecule has 0 radical (unpaired) electrons. The summed E-state index contributed by atoms with van der Waals surface area (Å²) < 4.78 is 11.6.